The van der Waals surface area contributed by atoms with Crippen molar-refractivity contribution in [3.63, 3.8) is 0 Å². The van der Waals surface area contributed by atoms with Crippen LogP contribution in [0.25, 0.3) is 5.76 Å². The Kier molecular flexibility index (Phi) is 8.17. The van der Waals surface area contributed by atoms with Crippen molar-refractivity contribution in [2.45, 2.75) is 19.4 Å². The van der Waals surface area contributed by atoms with Crippen LogP contribution in [0.1, 0.15) is 30.5 Å². The van der Waals surface area contributed by atoms with E-state index in [1.54, 1.807) is 42.5 Å². The number of benzene rings is 2. The minimum atomic E-state index is -0.817. The highest BCUT2D eigenvalue weighted by Gasteiger charge is 2.44. The zero-order chi connectivity index (χ0) is 24.8. The predicted molar refractivity (Wildman–Crippen MR) is 126 cm³/mol. The van der Waals surface area contributed by atoms with E-state index in [0.29, 0.717) is 48.1 Å². The Morgan fingerprint density at radius 3 is 2.29 bits per heavy atom. The molecule has 1 atom stereocenters. The molecule has 1 saturated heterocycles. The normalized spacial score (nSPS) is 17.4. The van der Waals surface area contributed by atoms with E-state index in [-0.39, 0.29) is 5.57 Å². The number of nitrogens with zero attached hydrogens (tertiary/aromatic N) is 1. The molecule has 0 aliphatic carbocycles. The van der Waals surface area contributed by atoms with Crippen LogP contribution in [0.4, 0.5) is 0 Å². The molecule has 182 valence electrons. The summed E-state index contributed by atoms with van der Waals surface area (Å²) in [6.45, 7) is 3.52. The van der Waals surface area contributed by atoms with Gasteiger partial charge in [0.1, 0.15) is 5.75 Å². The van der Waals surface area contributed by atoms with Crippen LogP contribution in [0.5, 0.6) is 17.2 Å². The third-order valence-corrected chi connectivity index (χ3v) is 5.69. The fraction of sp³-hybridized carbons (Fsp3) is 0.385. The summed E-state index contributed by atoms with van der Waals surface area (Å²) in [4.78, 5) is 28.7. The summed E-state index contributed by atoms with van der Waals surface area (Å²) in [5.74, 6) is -0.308. The van der Waals surface area contributed by atoms with E-state index >= 15 is 0 Å². The lowest BCUT2D eigenvalue weighted by atomic mass is 9.95. The maximum absolute atomic E-state index is 13.5. The molecular formula is C26H32N2O6. The van der Waals surface area contributed by atoms with Crippen molar-refractivity contribution in [3.05, 3.63) is 59.2 Å². The van der Waals surface area contributed by atoms with E-state index in [0.717, 1.165) is 11.3 Å². The van der Waals surface area contributed by atoms with Crippen LogP contribution in [0.3, 0.4) is 0 Å². The Morgan fingerprint density at radius 2 is 1.71 bits per heavy atom. The second kappa shape index (κ2) is 11.1. The Balaban J connectivity index is 2.10. The summed E-state index contributed by atoms with van der Waals surface area (Å²) in [6.07, 6.45) is 0.868. The average Bonchev–Trinajstić information content (AvgIpc) is 3.10. The first kappa shape index (κ1) is 25.1. The van der Waals surface area contributed by atoms with Crippen LogP contribution in [-0.4, -0.2) is 64.6 Å². The van der Waals surface area contributed by atoms with E-state index < -0.39 is 23.5 Å². The lowest BCUT2D eigenvalue weighted by Crippen LogP contribution is -3.06. The predicted octanol–water partition coefficient (Wildman–Crippen LogP) is 0.861. The fourth-order valence-electron chi connectivity index (χ4n) is 3.89. The van der Waals surface area contributed by atoms with Crippen molar-refractivity contribution in [2.75, 3.05) is 48.0 Å². The Morgan fingerprint density at radius 1 is 1.03 bits per heavy atom. The van der Waals surface area contributed by atoms with Gasteiger partial charge < -0.3 is 29.1 Å². The zero-order valence-electron chi connectivity index (χ0n) is 20.3. The van der Waals surface area contributed by atoms with Gasteiger partial charge in [0.2, 0.25) is 5.78 Å². The van der Waals surface area contributed by atoms with Crippen LogP contribution in [0, 0.1) is 0 Å². The van der Waals surface area contributed by atoms with Gasteiger partial charge in [0, 0.05) is 5.57 Å². The van der Waals surface area contributed by atoms with Gasteiger partial charge in [0.05, 0.1) is 54.1 Å². The van der Waals surface area contributed by atoms with Crippen molar-refractivity contribution in [1.82, 2.24) is 4.90 Å². The monoisotopic (exact) mass is 468 g/mol. The van der Waals surface area contributed by atoms with Crippen molar-refractivity contribution in [1.29, 1.82) is 0 Å². The third-order valence-electron chi connectivity index (χ3n) is 5.69. The lowest BCUT2D eigenvalue weighted by Gasteiger charge is -2.28. The molecule has 2 aromatic carbocycles. The molecule has 0 spiro atoms. The quantitative estimate of drug-likeness (QED) is 0.316. The van der Waals surface area contributed by atoms with Gasteiger partial charge in [0.25, 0.3) is 5.91 Å². The Hall–Kier alpha value is -3.52. The maximum atomic E-state index is 13.5. The van der Waals surface area contributed by atoms with Gasteiger partial charge in [-0.1, -0.05) is 30.9 Å². The van der Waals surface area contributed by atoms with Crippen LogP contribution < -0.4 is 24.2 Å². The van der Waals surface area contributed by atoms with E-state index in [9.17, 15) is 14.7 Å². The van der Waals surface area contributed by atoms with Gasteiger partial charge in [-0.2, -0.15) is 0 Å². The summed E-state index contributed by atoms with van der Waals surface area (Å²) in [5, 5.41) is 13.5. The maximum Gasteiger partial charge on any atom is 0.295 e. The van der Waals surface area contributed by atoms with Gasteiger partial charge in [-0.3, -0.25) is 9.59 Å². The Bertz CT molecular complexity index is 1060. The fourth-order valence-corrected chi connectivity index (χ4v) is 3.89. The second-order valence-corrected chi connectivity index (χ2v) is 8.42. The van der Waals surface area contributed by atoms with Gasteiger partial charge >= 0.3 is 0 Å². The third kappa shape index (κ3) is 5.17. The Labute approximate surface area is 200 Å². The molecule has 1 fully saturated rings. The minimum absolute atomic E-state index is 0.0618. The number of rotatable bonds is 10. The molecule has 1 heterocycles. The summed E-state index contributed by atoms with van der Waals surface area (Å²) in [5.41, 5.74) is 0.871. The number of carbonyl (C=O) groups is 2. The van der Waals surface area contributed by atoms with Crippen LogP contribution >= 0.6 is 0 Å². The highest BCUT2D eigenvalue weighted by Crippen LogP contribution is 2.41. The van der Waals surface area contributed by atoms with Crippen molar-refractivity contribution in [2.24, 2.45) is 0 Å². The smallest absolute Gasteiger partial charge is 0.295 e. The summed E-state index contributed by atoms with van der Waals surface area (Å²) in [7, 11) is 6.97. The molecule has 8 heteroatoms. The van der Waals surface area contributed by atoms with Gasteiger partial charge in [-0.25, -0.2) is 0 Å². The number of ketones is 1. The van der Waals surface area contributed by atoms with Crippen molar-refractivity contribution >= 4 is 17.4 Å². The highest BCUT2D eigenvalue weighted by atomic mass is 16.5. The number of likely N-dealkylation sites (N-methyl/N-ethyl adjacent to an activating group) is 1. The molecule has 1 aliphatic rings. The number of amides is 1. The number of hydrogen-bond acceptors (Lipinski definition) is 6. The highest BCUT2D eigenvalue weighted by molar-refractivity contribution is 6.46. The number of carbonyl (C=O) groups excluding carboxylic acids is 2. The average molecular weight is 469 g/mol. The lowest BCUT2D eigenvalue weighted by molar-refractivity contribution is -0.857. The van der Waals surface area contributed by atoms with Crippen LogP contribution in [0.2, 0.25) is 0 Å². The standard InChI is InChI=1S/C26H32N2O6/c1-6-15-34-19-10-7-17(8-11-19)24(29)22-23(18-9-12-20(32-4)21(16-18)33-5)28(14-13-27(2)3)26(31)25(22)30/h7-12,16,23,29H,6,13-15H2,1-5H3. The van der Waals surface area contributed by atoms with Crippen molar-refractivity contribution in [3.8, 4) is 17.2 Å². The second-order valence-electron chi connectivity index (χ2n) is 8.42. The summed E-state index contributed by atoms with van der Waals surface area (Å²) in [6, 6.07) is 11.0. The zero-order valence-corrected chi connectivity index (χ0v) is 20.3. The molecule has 2 aromatic rings. The molecule has 3 rings (SSSR count). The number of Topliss-reactive ketones (excluding diaryl/α,β-unsaturated/α-hetero) is 1. The molecule has 1 N–H and O–H groups in total. The number of hydrogen-bond donors (Lipinski definition) is 1. The van der Waals surface area contributed by atoms with Crippen LogP contribution in [-0.2, 0) is 9.59 Å². The van der Waals surface area contributed by atoms with E-state index in [2.05, 4.69) is 0 Å². The largest absolute Gasteiger partial charge is 0.872 e. The first-order valence-electron chi connectivity index (χ1n) is 11.3. The molecule has 0 saturated carbocycles. The van der Waals surface area contributed by atoms with E-state index in [4.69, 9.17) is 14.2 Å². The van der Waals surface area contributed by atoms with Gasteiger partial charge in [0.15, 0.2) is 11.5 Å². The number of nitrogens with one attached hydrogen (secondary N) is 1. The topological polar surface area (TPSA) is 92.6 Å². The number of methoxy groups -OCH3 is 2. The molecule has 0 aromatic heterocycles. The van der Waals surface area contributed by atoms with Crippen molar-refractivity contribution < 1.29 is 33.8 Å². The first-order valence-corrected chi connectivity index (χ1v) is 11.3. The summed E-state index contributed by atoms with van der Waals surface area (Å²) < 4.78 is 16.3. The number of ether oxygens (including phenoxy) is 3. The van der Waals surface area contributed by atoms with Gasteiger partial charge in [-0.05, 0) is 41.8 Å². The minimum Gasteiger partial charge on any atom is -0.872 e. The molecule has 8 nitrogen and oxygen atoms in total. The first-order chi connectivity index (χ1) is 16.3. The molecular weight excluding hydrogens is 436 g/mol. The SMILES string of the molecule is CCCOc1ccc(C([O-])=C2C(=O)C(=O)N(CC[NH+](C)C)C2c2ccc(OC)c(OC)c2)cc1. The number of quaternary nitrogens is 1. The summed E-state index contributed by atoms with van der Waals surface area (Å²) >= 11 is 0. The van der Waals surface area contributed by atoms with E-state index in [1.807, 2.05) is 21.0 Å². The molecule has 0 radical (unpaired) electrons. The molecule has 34 heavy (non-hydrogen) atoms. The molecule has 0 bridgehead atoms. The molecule has 1 unspecified atom stereocenters. The van der Waals surface area contributed by atoms with E-state index in [1.165, 1.54) is 19.1 Å². The number of likely N-dealkylation sites (tertiary alicyclic amines) is 1. The molecule has 1 aliphatic heterocycles. The molecule has 1 amide bonds. The van der Waals surface area contributed by atoms with Crippen LogP contribution in [0.15, 0.2) is 48.0 Å². The van der Waals surface area contributed by atoms with Gasteiger partial charge in [-0.15, -0.1) is 0 Å².